The number of anilines is 1. The molecular formula is C17H28N2O2. The Morgan fingerprint density at radius 1 is 1.33 bits per heavy atom. The number of carbonyl (C=O) groups is 1. The quantitative estimate of drug-likeness (QED) is 0.764. The molecule has 1 heterocycles. The Bertz CT molecular complexity index is 496. The van der Waals surface area contributed by atoms with Crippen LogP contribution in [0.5, 0.6) is 5.75 Å². The van der Waals surface area contributed by atoms with Crippen molar-refractivity contribution in [3.05, 3.63) is 17.3 Å². The Balaban J connectivity index is 2.91. The second-order valence-corrected chi connectivity index (χ2v) is 6.11. The van der Waals surface area contributed by atoms with Gasteiger partial charge in [-0.05, 0) is 26.7 Å². The van der Waals surface area contributed by atoms with Crippen molar-refractivity contribution in [1.29, 1.82) is 0 Å². The molecule has 0 unspecified atom stereocenters. The van der Waals surface area contributed by atoms with Crippen LogP contribution in [-0.2, 0) is 4.79 Å². The van der Waals surface area contributed by atoms with E-state index in [1.807, 2.05) is 40.7 Å². The van der Waals surface area contributed by atoms with Gasteiger partial charge in [0.2, 0.25) is 5.91 Å². The van der Waals surface area contributed by atoms with Crippen LogP contribution < -0.4 is 10.1 Å². The van der Waals surface area contributed by atoms with Gasteiger partial charge in [-0.2, -0.15) is 0 Å². The van der Waals surface area contributed by atoms with Crippen LogP contribution in [-0.4, -0.2) is 17.5 Å². The number of nitrogens with zero attached hydrogens (tertiary/aromatic N) is 1. The van der Waals surface area contributed by atoms with Gasteiger partial charge in [0.1, 0.15) is 11.6 Å². The van der Waals surface area contributed by atoms with Gasteiger partial charge in [0.05, 0.1) is 6.61 Å². The molecule has 0 aromatic carbocycles. The van der Waals surface area contributed by atoms with E-state index in [9.17, 15) is 4.79 Å². The first-order valence-electron chi connectivity index (χ1n) is 7.74. The zero-order valence-corrected chi connectivity index (χ0v) is 14.2. The van der Waals surface area contributed by atoms with Crippen LogP contribution in [0.4, 0.5) is 5.82 Å². The highest BCUT2D eigenvalue weighted by Crippen LogP contribution is 2.26. The normalized spacial score (nSPS) is 11.3. The topological polar surface area (TPSA) is 51.2 Å². The van der Waals surface area contributed by atoms with Crippen molar-refractivity contribution in [3.8, 4) is 5.75 Å². The minimum atomic E-state index is -0.399. The number of pyridine rings is 1. The summed E-state index contributed by atoms with van der Waals surface area (Å²) in [7, 11) is 0. The van der Waals surface area contributed by atoms with Gasteiger partial charge in [-0.1, -0.05) is 34.1 Å². The van der Waals surface area contributed by atoms with E-state index in [-0.39, 0.29) is 5.91 Å². The van der Waals surface area contributed by atoms with E-state index >= 15 is 0 Å². The van der Waals surface area contributed by atoms with Crippen LogP contribution in [0.15, 0.2) is 6.07 Å². The number of hydrogen-bond donors (Lipinski definition) is 1. The molecule has 0 saturated carbocycles. The summed E-state index contributed by atoms with van der Waals surface area (Å²) in [5.41, 5.74) is 1.51. The molecule has 0 aliphatic heterocycles. The minimum absolute atomic E-state index is 0.0136. The maximum atomic E-state index is 12.2. The molecule has 4 nitrogen and oxygen atoms in total. The number of carbonyl (C=O) groups excluding carboxylic acids is 1. The number of aryl methyl sites for hydroxylation is 1. The van der Waals surface area contributed by atoms with E-state index < -0.39 is 5.41 Å². The second kappa shape index (κ2) is 7.43. The van der Waals surface area contributed by atoms with Gasteiger partial charge >= 0.3 is 0 Å². The predicted octanol–water partition coefficient (Wildman–Crippen LogP) is 4.25. The maximum absolute atomic E-state index is 12.2. The van der Waals surface area contributed by atoms with E-state index in [0.29, 0.717) is 12.4 Å². The van der Waals surface area contributed by atoms with Gasteiger partial charge in [0.25, 0.3) is 0 Å². The lowest BCUT2D eigenvalue weighted by Gasteiger charge is -2.21. The molecule has 0 radical (unpaired) electrons. The van der Waals surface area contributed by atoms with Crippen LogP contribution >= 0.6 is 0 Å². The summed E-state index contributed by atoms with van der Waals surface area (Å²) in [4.78, 5) is 16.7. The van der Waals surface area contributed by atoms with Gasteiger partial charge in [0, 0.05) is 22.7 Å². The molecule has 21 heavy (non-hydrogen) atoms. The fraction of sp³-hybridized carbons (Fsp3) is 0.647. The molecule has 0 saturated heterocycles. The van der Waals surface area contributed by atoms with E-state index in [0.717, 1.165) is 36.3 Å². The highest BCUT2D eigenvalue weighted by atomic mass is 16.5. The number of rotatable bonds is 7. The number of hydrogen-bond acceptors (Lipinski definition) is 3. The Morgan fingerprint density at radius 3 is 2.57 bits per heavy atom. The molecule has 0 spiro atoms. The molecular weight excluding hydrogens is 264 g/mol. The van der Waals surface area contributed by atoms with Gasteiger partial charge < -0.3 is 10.1 Å². The molecule has 1 N–H and O–H groups in total. The number of nitrogens with one attached hydrogen (secondary N) is 1. The molecule has 1 aromatic heterocycles. The maximum Gasteiger partial charge on any atom is 0.231 e. The van der Waals surface area contributed by atoms with Crippen molar-refractivity contribution in [1.82, 2.24) is 4.98 Å². The van der Waals surface area contributed by atoms with E-state index in [4.69, 9.17) is 4.74 Å². The lowest BCUT2D eigenvalue weighted by Crippen LogP contribution is -2.30. The molecule has 0 atom stereocenters. The van der Waals surface area contributed by atoms with Crippen molar-refractivity contribution < 1.29 is 9.53 Å². The fourth-order valence-corrected chi connectivity index (χ4v) is 1.69. The summed E-state index contributed by atoms with van der Waals surface area (Å²) in [6.45, 7) is 12.6. The largest absolute Gasteiger partial charge is 0.493 e. The number of aromatic nitrogens is 1. The van der Waals surface area contributed by atoms with Crippen LogP contribution in [0.1, 0.15) is 58.2 Å². The monoisotopic (exact) mass is 292 g/mol. The predicted molar refractivity (Wildman–Crippen MR) is 86.8 cm³/mol. The average molecular weight is 292 g/mol. The highest BCUT2D eigenvalue weighted by molar-refractivity contribution is 5.94. The van der Waals surface area contributed by atoms with Crippen molar-refractivity contribution in [2.45, 2.75) is 60.8 Å². The Hall–Kier alpha value is -1.58. The summed E-state index contributed by atoms with van der Waals surface area (Å²) in [5, 5.41) is 2.90. The lowest BCUT2D eigenvalue weighted by atomic mass is 9.89. The lowest BCUT2D eigenvalue weighted by molar-refractivity contribution is -0.124. The van der Waals surface area contributed by atoms with Crippen LogP contribution in [0, 0.1) is 19.3 Å². The third-order valence-corrected chi connectivity index (χ3v) is 3.96. The van der Waals surface area contributed by atoms with E-state index in [1.54, 1.807) is 0 Å². The minimum Gasteiger partial charge on any atom is -0.493 e. The molecule has 0 aliphatic carbocycles. The van der Waals surface area contributed by atoms with Crippen molar-refractivity contribution in [2.75, 3.05) is 11.9 Å². The van der Waals surface area contributed by atoms with Gasteiger partial charge in [-0.25, -0.2) is 4.98 Å². The molecule has 1 rings (SSSR count). The van der Waals surface area contributed by atoms with Crippen molar-refractivity contribution >= 4 is 11.7 Å². The summed E-state index contributed by atoms with van der Waals surface area (Å²) in [6.07, 6.45) is 2.90. The molecule has 0 fully saturated rings. The first kappa shape index (κ1) is 17.5. The number of ether oxygens (including phenoxy) is 1. The van der Waals surface area contributed by atoms with Crippen molar-refractivity contribution in [2.24, 2.45) is 5.41 Å². The number of unbranched alkanes of at least 4 members (excludes halogenated alkanes) is 1. The first-order valence-corrected chi connectivity index (χ1v) is 7.74. The van der Waals surface area contributed by atoms with Crippen LogP contribution in [0.2, 0.25) is 0 Å². The molecule has 0 bridgehead atoms. The Kier molecular flexibility index (Phi) is 6.19. The number of amides is 1. The summed E-state index contributed by atoms with van der Waals surface area (Å²) in [5.74, 6) is 1.36. The Labute approximate surface area is 128 Å². The van der Waals surface area contributed by atoms with E-state index in [1.165, 1.54) is 0 Å². The summed E-state index contributed by atoms with van der Waals surface area (Å²) >= 11 is 0. The molecule has 1 aromatic rings. The molecule has 1 amide bonds. The zero-order chi connectivity index (χ0) is 16.0. The molecule has 4 heteroatoms. The second-order valence-electron chi connectivity index (χ2n) is 6.11. The SMILES string of the molecule is CCCCOc1cc(NC(=O)C(C)(C)CC)nc(C)c1C. The van der Waals surface area contributed by atoms with Crippen molar-refractivity contribution in [3.63, 3.8) is 0 Å². The third kappa shape index (κ3) is 4.73. The zero-order valence-electron chi connectivity index (χ0n) is 14.2. The van der Waals surface area contributed by atoms with Gasteiger partial charge in [-0.15, -0.1) is 0 Å². The first-order chi connectivity index (χ1) is 9.81. The molecule has 118 valence electrons. The fourth-order valence-electron chi connectivity index (χ4n) is 1.69. The van der Waals surface area contributed by atoms with Gasteiger partial charge in [0.15, 0.2) is 0 Å². The molecule has 0 aliphatic rings. The Morgan fingerprint density at radius 2 is 2.00 bits per heavy atom. The average Bonchev–Trinajstić information content (AvgIpc) is 2.44. The van der Waals surface area contributed by atoms with Gasteiger partial charge in [-0.3, -0.25) is 4.79 Å². The van der Waals surface area contributed by atoms with E-state index in [2.05, 4.69) is 17.2 Å². The standard InChI is InChI=1S/C17H28N2O2/c1-7-9-10-21-14-11-15(18-13(4)12(14)3)19-16(20)17(5,6)8-2/h11H,7-10H2,1-6H3,(H,18,19,20). The summed E-state index contributed by atoms with van der Waals surface area (Å²) < 4.78 is 5.80. The van der Waals surface area contributed by atoms with Crippen LogP contribution in [0.25, 0.3) is 0 Å². The highest BCUT2D eigenvalue weighted by Gasteiger charge is 2.25. The smallest absolute Gasteiger partial charge is 0.231 e. The summed E-state index contributed by atoms with van der Waals surface area (Å²) in [6, 6.07) is 1.82. The van der Waals surface area contributed by atoms with Crippen LogP contribution in [0.3, 0.4) is 0 Å². The third-order valence-electron chi connectivity index (χ3n) is 3.96.